The molecule has 0 fully saturated rings. The minimum absolute atomic E-state index is 1.19. The SMILES string of the molecule is CCCCCCc1cccnc1.CCCCCCc1cccnc1.O=[N][Mo]([Cl])([Cl])[N]=O. The van der Waals surface area contributed by atoms with E-state index in [9.17, 15) is 9.81 Å². The zero-order valence-corrected chi connectivity index (χ0v) is 22.0. The number of hydrogen-bond donors (Lipinski definition) is 0. The first kappa shape index (κ1) is 29.8. The number of halogens is 2. The van der Waals surface area contributed by atoms with Crippen molar-refractivity contribution in [1.29, 1.82) is 0 Å². The second kappa shape index (κ2) is 20.7. The first-order valence-corrected chi connectivity index (χ1v) is 17.6. The summed E-state index contributed by atoms with van der Waals surface area (Å²) in [6, 6.07) is 8.32. The molecular formula is C22H34Cl2MoN4O2. The van der Waals surface area contributed by atoms with Gasteiger partial charge in [-0.1, -0.05) is 64.5 Å². The Morgan fingerprint density at radius 1 is 0.742 bits per heavy atom. The molecule has 0 bridgehead atoms. The Labute approximate surface area is 198 Å². The molecule has 0 aliphatic carbocycles. The van der Waals surface area contributed by atoms with Crippen LogP contribution in [0.4, 0.5) is 0 Å². The van der Waals surface area contributed by atoms with E-state index in [2.05, 4.69) is 43.4 Å². The molecular weight excluding hydrogens is 519 g/mol. The van der Waals surface area contributed by atoms with Crippen molar-refractivity contribution in [2.45, 2.75) is 78.1 Å². The van der Waals surface area contributed by atoms with Crippen LogP contribution < -0.4 is 0 Å². The molecule has 31 heavy (non-hydrogen) atoms. The summed E-state index contributed by atoms with van der Waals surface area (Å²) in [5, 5.41) is 0. The van der Waals surface area contributed by atoms with Crippen LogP contribution in [0.1, 0.15) is 76.3 Å². The van der Waals surface area contributed by atoms with Gasteiger partial charge in [-0.3, -0.25) is 9.97 Å². The summed E-state index contributed by atoms with van der Waals surface area (Å²) in [7, 11) is 9.80. The Kier molecular flexibility index (Phi) is 19.8. The van der Waals surface area contributed by atoms with Crippen molar-refractivity contribution in [2.24, 2.45) is 7.47 Å². The van der Waals surface area contributed by atoms with Crippen LogP contribution in [0.15, 0.2) is 56.5 Å². The molecule has 0 atom stereocenters. The Hall–Kier alpha value is -1.23. The number of rotatable bonds is 12. The zero-order valence-electron chi connectivity index (χ0n) is 18.5. The Morgan fingerprint density at radius 2 is 1.16 bits per heavy atom. The van der Waals surface area contributed by atoms with Gasteiger partial charge in [0, 0.05) is 24.8 Å². The molecule has 2 rings (SSSR count). The minimum atomic E-state index is -4.02. The molecule has 2 aromatic heterocycles. The van der Waals surface area contributed by atoms with Gasteiger partial charge < -0.3 is 0 Å². The first-order valence-electron chi connectivity index (χ1n) is 10.7. The van der Waals surface area contributed by atoms with Crippen molar-refractivity contribution >= 4 is 18.8 Å². The van der Waals surface area contributed by atoms with Gasteiger partial charge in [0.15, 0.2) is 0 Å². The average molecular weight is 553 g/mol. The first-order chi connectivity index (χ1) is 15.0. The van der Waals surface area contributed by atoms with Crippen molar-refractivity contribution in [1.82, 2.24) is 9.97 Å². The number of pyridine rings is 2. The number of unbranched alkanes of at least 4 members (excludes halogenated alkanes) is 6. The van der Waals surface area contributed by atoms with Crippen LogP contribution in [0.3, 0.4) is 0 Å². The van der Waals surface area contributed by atoms with Crippen LogP contribution >= 0.6 is 18.8 Å². The molecule has 6 nitrogen and oxygen atoms in total. The molecule has 174 valence electrons. The molecule has 0 aromatic carbocycles. The number of aromatic nitrogens is 2. The fourth-order valence-electron chi connectivity index (χ4n) is 2.62. The van der Waals surface area contributed by atoms with Crippen LogP contribution in [-0.2, 0) is 27.3 Å². The molecule has 0 N–H and O–H groups in total. The maximum absolute atomic E-state index is 9.33. The average Bonchev–Trinajstić information content (AvgIpc) is 2.82. The van der Waals surface area contributed by atoms with Crippen molar-refractivity contribution in [3.05, 3.63) is 70.0 Å². The van der Waals surface area contributed by atoms with E-state index in [-0.39, 0.29) is 0 Å². The molecule has 0 radical (unpaired) electrons. The number of aryl methyl sites for hydroxylation is 2. The van der Waals surface area contributed by atoms with Crippen LogP contribution in [-0.4, -0.2) is 9.97 Å². The van der Waals surface area contributed by atoms with Crippen molar-refractivity contribution in [3.63, 3.8) is 0 Å². The third-order valence-corrected chi connectivity index (χ3v) is 6.48. The summed E-state index contributed by atoms with van der Waals surface area (Å²) in [5.41, 5.74) is 2.74. The van der Waals surface area contributed by atoms with Gasteiger partial charge in [0.2, 0.25) is 0 Å². The van der Waals surface area contributed by atoms with Gasteiger partial charge in [-0.25, -0.2) is 0 Å². The molecule has 2 heterocycles. The van der Waals surface area contributed by atoms with Crippen molar-refractivity contribution in [3.8, 4) is 0 Å². The number of nitroso groups, excluding NO2 is 2. The van der Waals surface area contributed by atoms with Gasteiger partial charge in [-0.2, -0.15) is 0 Å². The Morgan fingerprint density at radius 3 is 1.42 bits per heavy atom. The van der Waals surface area contributed by atoms with E-state index in [1.54, 1.807) is 0 Å². The van der Waals surface area contributed by atoms with Gasteiger partial charge in [-0.15, -0.1) is 0 Å². The molecule has 0 aliphatic rings. The predicted octanol–water partition coefficient (Wildman–Crippen LogP) is 8.22. The van der Waals surface area contributed by atoms with E-state index in [1.165, 1.54) is 75.3 Å². The van der Waals surface area contributed by atoms with Gasteiger partial charge in [0.05, 0.1) is 0 Å². The fraction of sp³-hybridized carbons (Fsp3) is 0.545. The quantitative estimate of drug-likeness (QED) is 0.151. The summed E-state index contributed by atoms with van der Waals surface area (Å²) in [6.45, 7) is 4.48. The van der Waals surface area contributed by atoms with Gasteiger partial charge in [0.1, 0.15) is 0 Å². The second-order valence-corrected chi connectivity index (χ2v) is 15.7. The summed E-state index contributed by atoms with van der Waals surface area (Å²) < 4.78 is 4.26. The standard InChI is InChI=1S/2C11H17N.2ClH.Mo.2NO/c2*1-2-3-4-5-7-11-8-6-9-12-10-11;;;;2*1-2/h2*6,8-10H,2-5,7H2,1H3;2*1H;;;/q;;;;+4;2*-1/p-2. The summed E-state index contributed by atoms with van der Waals surface area (Å²) in [6.07, 6.45) is 20.6. The van der Waals surface area contributed by atoms with E-state index < -0.39 is 14.5 Å². The van der Waals surface area contributed by atoms with Gasteiger partial charge in [-0.05, 0) is 48.9 Å². The molecule has 0 saturated heterocycles. The molecule has 2 aromatic rings. The van der Waals surface area contributed by atoms with Crippen molar-refractivity contribution < 1.29 is 14.5 Å². The van der Waals surface area contributed by atoms with E-state index in [0.29, 0.717) is 0 Å². The maximum atomic E-state index is 9.33. The summed E-state index contributed by atoms with van der Waals surface area (Å²) >= 11 is -4.02. The van der Waals surface area contributed by atoms with Gasteiger partial charge >= 0.3 is 50.6 Å². The van der Waals surface area contributed by atoms with Crippen LogP contribution in [0.5, 0.6) is 0 Å². The molecule has 9 heteroatoms. The monoisotopic (exact) mass is 554 g/mol. The van der Waals surface area contributed by atoms with Gasteiger partial charge in [0.25, 0.3) is 0 Å². The van der Waals surface area contributed by atoms with E-state index in [0.717, 1.165) is 0 Å². The van der Waals surface area contributed by atoms with Crippen LogP contribution in [0, 0.1) is 9.81 Å². The van der Waals surface area contributed by atoms with Crippen molar-refractivity contribution in [2.75, 3.05) is 0 Å². The van der Waals surface area contributed by atoms with Crippen LogP contribution in [0.25, 0.3) is 0 Å². The fourth-order valence-corrected chi connectivity index (χ4v) is 2.68. The van der Waals surface area contributed by atoms with E-state index >= 15 is 0 Å². The van der Waals surface area contributed by atoms with E-state index in [1.807, 2.05) is 36.9 Å². The number of nitrogens with zero attached hydrogens (tertiary/aromatic N) is 4. The summed E-state index contributed by atoms with van der Waals surface area (Å²) in [5.74, 6) is 0. The Balaban J connectivity index is 0.000000454. The second-order valence-electron chi connectivity index (χ2n) is 6.91. The topological polar surface area (TPSA) is 84.6 Å². The van der Waals surface area contributed by atoms with E-state index in [4.69, 9.17) is 18.8 Å². The molecule has 0 aliphatic heterocycles. The molecule has 0 unspecified atom stereocenters. The third-order valence-electron chi connectivity index (χ3n) is 4.26. The zero-order chi connectivity index (χ0) is 23.2. The predicted molar refractivity (Wildman–Crippen MR) is 127 cm³/mol. The molecule has 0 spiro atoms. The number of hydrogen-bond acceptors (Lipinski definition) is 6. The third kappa shape index (κ3) is 19.2. The summed E-state index contributed by atoms with van der Waals surface area (Å²) in [4.78, 5) is 26.8. The molecule has 0 amide bonds. The Bertz CT molecular complexity index is 622. The normalized spacial score (nSPS) is 10.7. The van der Waals surface area contributed by atoms with Crippen LogP contribution in [0.2, 0.25) is 0 Å². The molecule has 0 saturated carbocycles.